The fourth-order valence-corrected chi connectivity index (χ4v) is 1.71. The molecule has 15 heavy (non-hydrogen) atoms. The minimum Gasteiger partial charge on any atom is -0.282 e. The van der Waals surface area contributed by atoms with Crippen molar-refractivity contribution >= 4 is 10.1 Å². The number of benzene rings is 1. The molecule has 1 rings (SSSR count). The van der Waals surface area contributed by atoms with E-state index in [2.05, 4.69) is 0 Å². The highest BCUT2D eigenvalue weighted by atomic mass is 32.2. The van der Waals surface area contributed by atoms with Crippen LogP contribution >= 0.6 is 0 Å². The summed E-state index contributed by atoms with van der Waals surface area (Å²) in [5.74, 6) is 0. The summed E-state index contributed by atoms with van der Waals surface area (Å²) >= 11 is 0. The number of nitrogens with zero attached hydrogens (tertiary/aromatic N) is 1. The molecule has 0 saturated heterocycles. The maximum atomic E-state index is 12.4. The molecule has 0 radical (unpaired) electrons. The maximum absolute atomic E-state index is 12.4. The van der Waals surface area contributed by atoms with Gasteiger partial charge in [0.15, 0.2) is 0 Å². The molecular formula is C8H5F2NO3S. The molecule has 0 aliphatic rings. The van der Waals surface area contributed by atoms with Crippen LogP contribution in [0.3, 0.4) is 0 Å². The zero-order chi connectivity index (χ0) is 11.6. The third kappa shape index (κ3) is 2.49. The minimum absolute atomic E-state index is 0.0994. The number of alkyl halides is 2. The van der Waals surface area contributed by atoms with Crippen molar-refractivity contribution < 1.29 is 21.8 Å². The summed E-state index contributed by atoms with van der Waals surface area (Å²) in [6.07, 6.45) is -3.07. The number of rotatable bonds is 2. The number of hydrogen-bond donors (Lipinski definition) is 1. The first kappa shape index (κ1) is 11.6. The molecule has 0 spiro atoms. The molecule has 1 N–H and O–H groups in total. The van der Waals surface area contributed by atoms with Crippen molar-refractivity contribution in [1.29, 1.82) is 5.26 Å². The third-order valence-electron chi connectivity index (χ3n) is 1.65. The quantitative estimate of drug-likeness (QED) is 0.789. The number of hydrogen-bond acceptors (Lipinski definition) is 3. The van der Waals surface area contributed by atoms with Gasteiger partial charge >= 0.3 is 0 Å². The summed E-state index contributed by atoms with van der Waals surface area (Å²) in [4.78, 5) is -0.878. The van der Waals surface area contributed by atoms with Gasteiger partial charge in [-0.05, 0) is 18.2 Å². The first-order valence-electron chi connectivity index (χ1n) is 3.66. The lowest BCUT2D eigenvalue weighted by atomic mass is 10.1. The topological polar surface area (TPSA) is 78.2 Å². The van der Waals surface area contributed by atoms with Crippen molar-refractivity contribution in [2.45, 2.75) is 11.3 Å². The molecule has 0 aliphatic carbocycles. The Morgan fingerprint density at radius 3 is 2.40 bits per heavy atom. The van der Waals surface area contributed by atoms with Gasteiger partial charge in [-0.25, -0.2) is 8.78 Å². The van der Waals surface area contributed by atoms with Crippen LogP contribution in [0.2, 0.25) is 0 Å². The summed E-state index contributed by atoms with van der Waals surface area (Å²) in [6.45, 7) is 0. The van der Waals surface area contributed by atoms with E-state index in [4.69, 9.17) is 9.81 Å². The zero-order valence-corrected chi connectivity index (χ0v) is 8.00. The second-order valence-corrected chi connectivity index (χ2v) is 4.03. The predicted octanol–water partition coefficient (Wildman–Crippen LogP) is 1.74. The van der Waals surface area contributed by atoms with Crippen molar-refractivity contribution in [2.24, 2.45) is 0 Å². The molecule has 0 heterocycles. The van der Waals surface area contributed by atoms with Crippen LogP contribution in [0.1, 0.15) is 17.6 Å². The van der Waals surface area contributed by atoms with Gasteiger partial charge in [0.2, 0.25) is 0 Å². The van der Waals surface area contributed by atoms with Gasteiger partial charge in [0.05, 0.1) is 11.6 Å². The Labute approximate surface area is 84.5 Å². The van der Waals surface area contributed by atoms with Gasteiger partial charge in [0.25, 0.3) is 16.5 Å². The Bertz CT molecular complexity index is 519. The molecule has 0 amide bonds. The Hall–Kier alpha value is -1.52. The Morgan fingerprint density at radius 1 is 1.40 bits per heavy atom. The molecule has 1 aromatic carbocycles. The molecule has 0 aromatic heterocycles. The van der Waals surface area contributed by atoms with E-state index in [-0.39, 0.29) is 5.56 Å². The molecule has 0 fully saturated rings. The summed E-state index contributed by atoms with van der Waals surface area (Å²) in [6, 6.07) is 4.13. The van der Waals surface area contributed by atoms with E-state index in [1.165, 1.54) is 0 Å². The molecule has 7 heteroatoms. The molecule has 0 bridgehead atoms. The lowest BCUT2D eigenvalue weighted by molar-refractivity contribution is 0.147. The number of halogens is 2. The van der Waals surface area contributed by atoms with Crippen LogP contribution in [0.15, 0.2) is 23.1 Å². The lowest BCUT2D eigenvalue weighted by Gasteiger charge is -2.05. The monoisotopic (exact) mass is 233 g/mol. The van der Waals surface area contributed by atoms with Gasteiger partial charge in [0, 0.05) is 5.56 Å². The van der Waals surface area contributed by atoms with E-state index in [1.54, 1.807) is 6.07 Å². The van der Waals surface area contributed by atoms with Crippen LogP contribution in [-0.2, 0) is 10.1 Å². The van der Waals surface area contributed by atoms with E-state index in [0.717, 1.165) is 18.2 Å². The average molecular weight is 233 g/mol. The highest BCUT2D eigenvalue weighted by molar-refractivity contribution is 7.85. The smallest absolute Gasteiger partial charge is 0.282 e. The van der Waals surface area contributed by atoms with Crippen molar-refractivity contribution in [3.05, 3.63) is 29.3 Å². The van der Waals surface area contributed by atoms with E-state index >= 15 is 0 Å². The van der Waals surface area contributed by atoms with Crippen LogP contribution in [0.25, 0.3) is 0 Å². The van der Waals surface area contributed by atoms with E-state index in [0.29, 0.717) is 0 Å². The molecule has 4 nitrogen and oxygen atoms in total. The van der Waals surface area contributed by atoms with Crippen molar-refractivity contribution in [2.75, 3.05) is 0 Å². The SMILES string of the molecule is N#Cc1ccc(S(=O)(=O)O)c(C(F)F)c1. The summed E-state index contributed by atoms with van der Waals surface area (Å²) in [7, 11) is -4.69. The molecule has 0 aliphatic heterocycles. The zero-order valence-electron chi connectivity index (χ0n) is 7.18. The molecule has 0 saturated carbocycles. The van der Waals surface area contributed by atoms with Gasteiger partial charge in [-0.3, -0.25) is 4.55 Å². The largest absolute Gasteiger partial charge is 0.295 e. The highest BCUT2D eigenvalue weighted by Crippen LogP contribution is 2.27. The van der Waals surface area contributed by atoms with Crippen LogP contribution in [0.5, 0.6) is 0 Å². The lowest BCUT2D eigenvalue weighted by Crippen LogP contribution is -2.04. The minimum atomic E-state index is -4.69. The molecule has 0 unspecified atom stereocenters. The van der Waals surface area contributed by atoms with Gasteiger partial charge in [-0.1, -0.05) is 0 Å². The highest BCUT2D eigenvalue weighted by Gasteiger charge is 2.21. The normalized spacial score (nSPS) is 11.4. The molecule has 0 atom stereocenters. The Kier molecular flexibility index (Phi) is 3.02. The summed E-state index contributed by atoms with van der Waals surface area (Å²) in [5.41, 5.74) is -0.978. The van der Waals surface area contributed by atoms with Gasteiger partial charge < -0.3 is 0 Å². The Balaban J connectivity index is 3.50. The van der Waals surface area contributed by atoms with Crippen LogP contribution in [0.4, 0.5) is 8.78 Å². The van der Waals surface area contributed by atoms with Crippen LogP contribution < -0.4 is 0 Å². The maximum Gasteiger partial charge on any atom is 0.295 e. The first-order valence-corrected chi connectivity index (χ1v) is 5.10. The summed E-state index contributed by atoms with van der Waals surface area (Å²) in [5, 5.41) is 8.43. The standard InChI is InChI=1S/C8H5F2NO3S/c9-8(10)6-3-5(4-11)1-2-7(6)15(12,13)14/h1-3,8H,(H,12,13,14). The average Bonchev–Trinajstić information content (AvgIpc) is 2.15. The molecular weight excluding hydrogens is 228 g/mol. The van der Waals surface area contributed by atoms with Gasteiger partial charge in [-0.15, -0.1) is 0 Å². The number of nitriles is 1. The van der Waals surface area contributed by atoms with E-state index in [1.807, 2.05) is 0 Å². The second kappa shape index (κ2) is 3.92. The second-order valence-electron chi connectivity index (χ2n) is 2.64. The first-order chi connectivity index (χ1) is 6.86. The van der Waals surface area contributed by atoms with E-state index < -0.39 is 27.0 Å². The predicted molar refractivity (Wildman–Crippen MR) is 45.9 cm³/mol. The van der Waals surface area contributed by atoms with Gasteiger partial charge in [-0.2, -0.15) is 13.7 Å². The van der Waals surface area contributed by atoms with Crippen molar-refractivity contribution in [3.8, 4) is 6.07 Å². The summed E-state index contributed by atoms with van der Waals surface area (Å²) < 4.78 is 54.8. The van der Waals surface area contributed by atoms with E-state index in [9.17, 15) is 17.2 Å². The van der Waals surface area contributed by atoms with Crippen LogP contribution in [0, 0.1) is 11.3 Å². The fourth-order valence-electron chi connectivity index (χ4n) is 1.02. The third-order valence-corrected chi connectivity index (χ3v) is 2.58. The van der Waals surface area contributed by atoms with Crippen molar-refractivity contribution in [3.63, 3.8) is 0 Å². The Morgan fingerprint density at radius 2 is 2.00 bits per heavy atom. The van der Waals surface area contributed by atoms with Crippen LogP contribution in [-0.4, -0.2) is 13.0 Å². The molecule has 1 aromatic rings. The van der Waals surface area contributed by atoms with Crippen molar-refractivity contribution in [1.82, 2.24) is 0 Å². The van der Waals surface area contributed by atoms with Gasteiger partial charge in [0.1, 0.15) is 4.90 Å². The fraction of sp³-hybridized carbons (Fsp3) is 0.125. The molecule has 80 valence electrons.